The van der Waals surface area contributed by atoms with Crippen molar-refractivity contribution in [1.82, 2.24) is 9.80 Å². The minimum absolute atomic E-state index is 0.129. The summed E-state index contributed by atoms with van der Waals surface area (Å²) in [5.41, 5.74) is 0.760. The van der Waals surface area contributed by atoms with Crippen molar-refractivity contribution < 1.29 is 18.7 Å². The molecule has 2 saturated heterocycles. The molecular weight excluding hydrogens is 359 g/mol. The fourth-order valence-corrected chi connectivity index (χ4v) is 4.17. The van der Waals surface area contributed by atoms with Gasteiger partial charge in [-0.1, -0.05) is 18.2 Å². The number of methoxy groups -OCH3 is 1. The Hall–Kier alpha value is -1.50. The van der Waals surface area contributed by atoms with Gasteiger partial charge in [-0.2, -0.15) is 0 Å². The monoisotopic (exact) mass is 392 g/mol. The summed E-state index contributed by atoms with van der Waals surface area (Å²) in [6.45, 7) is 5.29. The molecule has 2 fully saturated rings. The lowest BCUT2D eigenvalue weighted by atomic mass is 9.95. The van der Waals surface area contributed by atoms with Gasteiger partial charge in [0.25, 0.3) is 0 Å². The second kappa shape index (κ2) is 10.9. The molecule has 0 bridgehead atoms. The van der Waals surface area contributed by atoms with E-state index in [0.29, 0.717) is 32.0 Å². The highest BCUT2D eigenvalue weighted by Crippen LogP contribution is 2.22. The molecule has 2 heterocycles. The molecule has 5 nitrogen and oxygen atoms in total. The summed E-state index contributed by atoms with van der Waals surface area (Å²) in [5, 5.41) is 0. The molecule has 28 heavy (non-hydrogen) atoms. The topological polar surface area (TPSA) is 42.0 Å². The molecular formula is C22H33FN2O3. The number of carbonyl (C=O) groups excluding carboxylic acids is 1. The SMILES string of the molecule is COCCC(=O)N(CC1CCN(Cc2ccccc2F)CC1)C[C@H]1CCCO1. The van der Waals surface area contributed by atoms with Crippen molar-refractivity contribution in [3.05, 3.63) is 35.6 Å². The van der Waals surface area contributed by atoms with E-state index in [2.05, 4.69) is 4.90 Å². The number of carbonyl (C=O) groups is 1. The number of nitrogens with zero attached hydrogens (tertiary/aromatic N) is 2. The third kappa shape index (κ3) is 6.26. The maximum Gasteiger partial charge on any atom is 0.224 e. The van der Waals surface area contributed by atoms with Gasteiger partial charge in [0.2, 0.25) is 5.91 Å². The van der Waals surface area contributed by atoms with E-state index in [9.17, 15) is 9.18 Å². The van der Waals surface area contributed by atoms with Crippen molar-refractivity contribution in [2.75, 3.05) is 46.5 Å². The minimum atomic E-state index is -0.129. The Labute approximate surface area is 167 Å². The molecule has 1 amide bonds. The number of ether oxygens (including phenoxy) is 2. The zero-order valence-electron chi connectivity index (χ0n) is 16.9. The van der Waals surface area contributed by atoms with Crippen LogP contribution >= 0.6 is 0 Å². The van der Waals surface area contributed by atoms with Crippen LogP contribution in [0.4, 0.5) is 4.39 Å². The Morgan fingerprint density at radius 3 is 2.71 bits per heavy atom. The Bertz CT molecular complexity index is 614. The number of rotatable bonds is 9. The van der Waals surface area contributed by atoms with Crippen LogP contribution in [0.5, 0.6) is 0 Å². The number of hydrogen-bond acceptors (Lipinski definition) is 4. The molecule has 0 unspecified atom stereocenters. The highest BCUT2D eigenvalue weighted by Gasteiger charge is 2.27. The molecule has 2 aliphatic heterocycles. The fraction of sp³-hybridized carbons (Fsp3) is 0.682. The van der Waals surface area contributed by atoms with Gasteiger partial charge in [-0.05, 0) is 50.8 Å². The van der Waals surface area contributed by atoms with Gasteiger partial charge in [0.15, 0.2) is 0 Å². The first-order valence-electron chi connectivity index (χ1n) is 10.5. The summed E-state index contributed by atoms with van der Waals surface area (Å²) in [5.74, 6) is 0.520. The van der Waals surface area contributed by atoms with E-state index in [-0.39, 0.29) is 17.8 Å². The smallest absolute Gasteiger partial charge is 0.224 e. The molecule has 3 rings (SSSR count). The lowest BCUT2D eigenvalue weighted by Crippen LogP contribution is -2.43. The first kappa shape index (κ1) is 21.2. The molecule has 1 atom stereocenters. The van der Waals surface area contributed by atoms with Gasteiger partial charge < -0.3 is 14.4 Å². The molecule has 1 aromatic rings. The third-order valence-electron chi connectivity index (χ3n) is 5.86. The zero-order chi connectivity index (χ0) is 19.8. The lowest BCUT2D eigenvalue weighted by Gasteiger charge is -2.35. The van der Waals surface area contributed by atoms with Gasteiger partial charge in [-0.25, -0.2) is 4.39 Å². The standard InChI is InChI=1S/C22H33FN2O3/c1-27-14-10-22(26)25(17-20-6-4-13-28-20)15-18-8-11-24(12-9-18)16-19-5-2-3-7-21(19)23/h2-3,5,7,18,20H,4,6,8-17H2,1H3/t20-/m1/s1. The van der Waals surface area contributed by atoms with E-state index in [1.807, 2.05) is 17.0 Å². The Kier molecular flexibility index (Phi) is 8.25. The van der Waals surface area contributed by atoms with Crippen LogP contribution in [0.2, 0.25) is 0 Å². The lowest BCUT2D eigenvalue weighted by molar-refractivity contribution is -0.134. The maximum absolute atomic E-state index is 13.9. The molecule has 2 aliphatic rings. The Balaban J connectivity index is 1.49. The Morgan fingerprint density at radius 1 is 1.25 bits per heavy atom. The molecule has 0 N–H and O–H groups in total. The van der Waals surface area contributed by atoms with Crippen molar-refractivity contribution in [2.45, 2.75) is 44.8 Å². The van der Waals surface area contributed by atoms with Gasteiger partial charge in [0.1, 0.15) is 5.82 Å². The van der Waals surface area contributed by atoms with Crippen LogP contribution in [0, 0.1) is 11.7 Å². The number of amides is 1. The van der Waals surface area contributed by atoms with Crippen molar-refractivity contribution in [3.63, 3.8) is 0 Å². The van der Waals surface area contributed by atoms with Crippen molar-refractivity contribution in [3.8, 4) is 0 Å². The average molecular weight is 393 g/mol. The van der Waals surface area contributed by atoms with Gasteiger partial charge in [-0.15, -0.1) is 0 Å². The number of benzene rings is 1. The van der Waals surface area contributed by atoms with Crippen molar-refractivity contribution in [2.24, 2.45) is 5.92 Å². The van der Waals surface area contributed by atoms with Gasteiger partial charge in [0.05, 0.1) is 19.1 Å². The van der Waals surface area contributed by atoms with E-state index in [1.54, 1.807) is 13.2 Å². The van der Waals surface area contributed by atoms with E-state index in [0.717, 1.165) is 57.5 Å². The predicted molar refractivity (Wildman–Crippen MR) is 106 cm³/mol. The Morgan fingerprint density at radius 2 is 2.04 bits per heavy atom. The maximum atomic E-state index is 13.9. The fourth-order valence-electron chi connectivity index (χ4n) is 4.17. The van der Waals surface area contributed by atoms with E-state index >= 15 is 0 Å². The number of piperidine rings is 1. The van der Waals surface area contributed by atoms with Crippen LogP contribution in [0.1, 0.15) is 37.7 Å². The minimum Gasteiger partial charge on any atom is -0.384 e. The molecule has 0 radical (unpaired) electrons. The van der Waals surface area contributed by atoms with E-state index < -0.39 is 0 Å². The van der Waals surface area contributed by atoms with Gasteiger partial charge >= 0.3 is 0 Å². The van der Waals surface area contributed by atoms with Crippen molar-refractivity contribution in [1.29, 1.82) is 0 Å². The van der Waals surface area contributed by atoms with Crippen LogP contribution in [0.15, 0.2) is 24.3 Å². The normalized spacial score (nSPS) is 21.1. The zero-order valence-corrected chi connectivity index (χ0v) is 16.9. The molecule has 0 spiro atoms. The average Bonchev–Trinajstić information content (AvgIpc) is 3.22. The molecule has 0 aromatic heterocycles. The van der Waals surface area contributed by atoms with Crippen molar-refractivity contribution >= 4 is 5.91 Å². The van der Waals surface area contributed by atoms with Crippen LogP contribution in [0.25, 0.3) is 0 Å². The van der Waals surface area contributed by atoms with Crippen LogP contribution in [0.3, 0.4) is 0 Å². The van der Waals surface area contributed by atoms with Crippen LogP contribution in [-0.2, 0) is 20.8 Å². The highest BCUT2D eigenvalue weighted by atomic mass is 19.1. The summed E-state index contributed by atoms with van der Waals surface area (Å²) < 4.78 is 24.7. The second-order valence-electron chi connectivity index (χ2n) is 7.99. The first-order chi connectivity index (χ1) is 13.7. The van der Waals surface area contributed by atoms with Crippen LogP contribution < -0.4 is 0 Å². The van der Waals surface area contributed by atoms with E-state index in [4.69, 9.17) is 9.47 Å². The summed E-state index contributed by atoms with van der Waals surface area (Å²) in [6.07, 6.45) is 4.79. The predicted octanol–water partition coefficient (Wildman–Crippen LogP) is 3.08. The summed E-state index contributed by atoms with van der Waals surface area (Å²) in [4.78, 5) is 16.9. The quantitative estimate of drug-likeness (QED) is 0.648. The molecule has 0 saturated carbocycles. The van der Waals surface area contributed by atoms with Crippen LogP contribution in [-0.4, -0.2) is 68.3 Å². The van der Waals surface area contributed by atoms with E-state index in [1.165, 1.54) is 6.07 Å². The largest absolute Gasteiger partial charge is 0.384 e. The summed E-state index contributed by atoms with van der Waals surface area (Å²) in [6, 6.07) is 7.00. The third-order valence-corrected chi connectivity index (χ3v) is 5.86. The molecule has 156 valence electrons. The molecule has 0 aliphatic carbocycles. The number of likely N-dealkylation sites (tertiary alicyclic amines) is 1. The number of hydrogen-bond donors (Lipinski definition) is 0. The molecule has 1 aromatic carbocycles. The summed E-state index contributed by atoms with van der Waals surface area (Å²) in [7, 11) is 1.63. The number of halogens is 1. The summed E-state index contributed by atoms with van der Waals surface area (Å²) >= 11 is 0. The highest BCUT2D eigenvalue weighted by molar-refractivity contribution is 5.76. The second-order valence-corrected chi connectivity index (χ2v) is 7.99. The van der Waals surface area contributed by atoms with Gasteiger partial charge in [-0.3, -0.25) is 9.69 Å². The van der Waals surface area contributed by atoms with Gasteiger partial charge in [0, 0.05) is 38.9 Å². The molecule has 6 heteroatoms. The first-order valence-corrected chi connectivity index (χ1v) is 10.5.